The van der Waals surface area contributed by atoms with E-state index in [0.29, 0.717) is 36.6 Å². The number of carbonyl (C=O) groups is 1. The summed E-state index contributed by atoms with van der Waals surface area (Å²) in [7, 11) is -3.97. The average Bonchev–Trinajstić information content (AvgIpc) is 2.52. The summed E-state index contributed by atoms with van der Waals surface area (Å²) >= 11 is 0. The third-order valence-electron chi connectivity index (χ3n) is 5.12. The summed E-state index contributed by atoms with van der Waals surface area (Å²) in [6.07, 6.45) is 0.669. The minimum atomic E-state index is -2.24. The van der Waals surface area contributed by atoms with Crippen molar-refractivity contribution in [3.8, 4) is 0 Å². The van der Waals surface area contributed by atoms with Crippen LogP contribution in [0.2, 0.25) is 22.2 Å². The highest BCUT2D eigenvalue weighted by Crippen LogP contribution is 2.44. The van der Waals surface area contributed by atoms with Crippen molar-refractivity contribution < 1.29 is 18.1 Å². The monoisotopic (exact) mass is 389 g/mol. The average molecular weight is 390 g/mol. The van der Waals surface area contributed by atoms with Crippen molar-refractivity contribution in [1.29, 1.82) is 0 Å². The molecule has 0 aromatic heterocycles. The third-order valence-corrected chi connectivity index (χ3v) is 13.6. The standard InChI is InChI=1S/C19H41O4Si2/c1-11-19(10,24(21-12-2)22-13-3)18(20)23-25(16(6)7,17(8)9)14-15(4)5/h15-17H,11-14H2,1-10H3. The molecule has 0 aliphatic heterocycles. The van der Waals surface area contributed by atoms with Gasteiger partial charge in [0.25, 0.3) is 14.3 Å². The zero-order chi connectivity index (χ0) is 19.8. The van der Waals surface area contributed by atoms with Crippen LogP contribution in [-0.2, 0) is 18.1 Å². The molecular formula is C19H41O4Si2. The number of carbonyl (C=O) groups excluding carboxylic acids is 1. The van der Waals surface area contributed by atoms with Crippen molar-refractivity contribution in [3.63, 3.8) is 0 Å². The minimum absolute atomic E-state index is 0.111. The molecule has 1 radical (unpaired) electrons. The molecule has 0 heterocycles. The Labute approximate surface area is 159 Å². The largest absolute Gasteiger partial charge is 0.518 e. The van der Waals surface area contributed by atoms with Crippen LogP contribution in [0.15, 0.2) is 0 Å². The molecule has 0 N–H and O–H groups in total. The van der Waals surface area contributed by atoms with Crippen LogP contribution in [0.1, 0.15) is 75.7 Å². The molecule has 0 rings (SSSR count). The van der Waals surface area contributed by atoms with E-state index in [2.05, 4.69) is 41.5 Å². The predicted molar refractivity (Wildman–Crippen MR) is 109 cm³/mol. The molecule has 0 saturated heterocycles. The van der Waals surface area contributed by atoms with Crippen molar-refractivity contribution in [2.75, 3.05) is 13.2 Å². The molecule has 25 heavy (non-hydrogen) atoms. The van der Waals surface area contributed by atoms with Gasteiger partial charge in [-0.25, -0.2) is 0 Å². The Kier molecular flexibility index (Phi) is 10.8. The van der Waals surface area contributed by atoms with E-state index < -0.39 is 22.6 Å². The zero-order valence-electron chi connectivity index (χ0n) is 18.2. The molecule has 0 spiro atoms. The third kappa shape index (κ3) is 6.19. The summed E-state index contributed by atoms with van der Waals surface area (Å²) in [6.45, 7) is 22.3. The van der Waals surface area contributed by atoms with Gasteiger partial charge in [-0.2, -0.15) is 0 Å². The minimum Gasteiger partial charge on any atom is -0.518 e. The lowest BCUT2D eigenvalue weighted by Gasteiger charge is -2.42. The quantitative estimate of drug-likeness (QED) is 0.403. The van der Waals surface area contributed by atoms with E-state index in [1.54, 1.807) is 0 Å². The lowest BCUT2D eigenvalue weighted by molar-refractivity contribution is -0.140. The molecule has 6 heteroatoms. The molecule has 0 saturated carbocycles. The first-order chi connectivity index (χ1) is 11.5. The summed E-state index contributed by atoms with van der Waals surface area (Å²) in [5.41, 5.74) is 0.768. The van der Waals surface area contributed by atoms with Crippen molar-refractivity contribution in [2.45, 2.75) is 97.8 Å². The van der Waals surface area contributed by atoms with Gasteiger partial charge in [0, 0.05) is 13.2 Å². The summed E-state index contributed by atoms with van der Waals surface area (Å²) in [4.78, 5) is 13.4. The van der Waals surface area contributed by atoms with E-state index >= 15 is 0 Å². The lowest BCUT2D eigenvalue weighted by atomic mass is 10.1. The van der Waals surface area contributed by atoms with Crippen molar-refractivity contribution in [1.82, 2.24) is 0 Å². The summed E-state index contributed by atoms with van der Waals surface area (Å²) in [5, 5.41) is -0.685. The molecule has 1 unspecified atom stereocenters. The highest BCUT2D eigenvalue weighted by Gasteiger charge is 2.52. The second-order valence-corrected chi connectivity index (χ2v) is 15.2. The van der Waals surface area contributed by atoms with Crippen molar-refractivity contribution in [2.24, 2.45) is 5.92 Å². The van der Waals surface area contributed by atoms with Crippen LogP contribution in [0.25, 0.3) is 0 Å². The van der Waals surface area contributed by atoms with E-state index in [9.17, 15) is 4.79 Å². The van der Waals surface area contributed by atoms with Gasteiger partial charge in [-0.15, -0.1) is 0 Å². The summed E-state index contributed by atoms with van der Waals surface area (Å²) < 4.78 is 18.2. The fourth-order valence-corrected chi connectivity index (χ4v) is 9.86. The van der Waals surface area contributed by atoms with E-state index in [-0.39, 0.29) is 5.97 Å². The summed E-state index contributed by atoms with van der Waals surface area (Å²) in [5.74, 6) is 0.404. The van der Waals surface area contributed by atoms with Gasteiger partial charge in [0.15, 0.2) is 0 Å². The number of hydrogen-bond donors (Lipinski definition) is 0. The second kappa shape index (κ2) is 10.8. The van der Waals surface area contributed by atoms with Crippen molar-refractivity contribution >= 4 is 23.6 Å². The van der Waals surface area contributed by atoms with Gasteiger partial charge < -0.3 is 13.3 Å². The molecule has 0 aliphatic carbocycles. The van der Waals surface area contributed by atoms with Crippen LogP contribution in [0.5, 0.6) is 0 Å². The van der Waals surface area contributed by atoms with E-state index in [1.165, 1.54) is 0 Å². The van der Waals surface area contributed by atoms with Gasteiger partial charge >= 0.3 is 9.28 Å². The molecule has 0 amide bonds. The maximum atomic E-state index is 13.4. The Balaban J connectivity index is 5.75. The first-order valence-electron chi connectivity index (χ1n) is 9.88. The fourth-order valence-electron chi connectivity index (χ4n) is 3.33. The van der Waals surface area contributed by atoms with Gasteiger partial charge in [-0.05, 0) is 50.2 Å². The molecule has 0 aromatic carbocycles. The molecule has 4 nitrogen and oxygen atoms in total. The smallest absolute Gasteiger partial charge is 0.402 e. The van der Waals surface area contributed by atoms with Crippen molar-refractivity contribution in [3.05, 3.63) is 0 Å². The van der Waals surface area contributed by atoms with Gasteiger partial charge in [-0.1, -0.05) is 48.5 Å². The van der Waals surface area contributed by atoms with Crippen LogP contribution in [-0.4, -0.2) is 36.8 Å². The highest BCUT2D eigenvalue weighted by molar-refractivity contribution is 6.78. The Morgan fingerprint density at radius 2 is 1.40 bits per heavy atom. The summed E-state index contributed by atoms with van der Waals surface area (Å²) in [6, 6.07) is 0.999. The molecule has 0 aromatic rings. The van der Waals surface area contributed by atoms with Crippen LogP contribution >= 0.6 is 0 Å². The fraction of sp³-hybridized carbons (Fsp3) is 0.947. The van der Waals surface area contributed by atoms with Crippen LogP contribution in [0.4, 0.5) is 0 Å². The Bertz CT molecular complexity index is 385. The van der Waals surface area contributed by atoms with Gasteiger partial charge in [0.2, 0.25) is 0 Å². The first kappa shape index (κ1) is 24.8. The van der Waals surface area contributed by atoms with Gasteiger partial charge in [0.1, 0.15) is 5.04 Å². The van der Waals surface area contributed by atoms with Crippen LogP contribution in [0, 0.1) is 5.92 Å². The predicted octanol–water partition coefficient (Wildman–Crippen LogP) is 5.68. The maximum Gasteiger partial charge on any atom is 0.402 e. The van der Waals surface area contributed by atoms with E-state index in [1.807, 2.05) is 27.7 Å². The molecule has 0 bridgehead atoms. The van der Waals surface area contributed by atoms with Crippen LogP contribution < -0.4 is 0 Å². The second-order valence-electron chi connectivity index (χ2n) is 8.09. The molecule has 0 aliphatic rings. The molecular weight excluding hydrogens is 348 g/mol. The Morgan fingerprint density at radius 1 is 0.960 bits per heavy atom. The molecule has 0 fully saturated rings. The maximum absolute atomic E-state index is 13.4. The van der Waals surface area contributed by atoms with E-state index in [0.717, 1.165) is 6.04 Å². The number of hydrogen-bond acceptors (Lipinski definition) is 4. The SMILES string of the molecule is CCO[Si](OCC)C(C)(CC)C(=O)O[Si](CC(C)C)(C(C)C)C(C)C. The van der Waals surface area contributed by atoms with Crippen LogP contribution in [0.3, 0.4) is 0 Å². The van der Waals surface area contributed by atoms with E-state index in [4.69, 9.17) is 13.3 Å². The topological polar surface area (TPSA) is 44.8 Å². The zero-order valence-corrected chi connectivity index (χ0v) is 20.2. The van der Waals surface area contributed by atoms with Gasteiger partial charge in [-0.3, -0.25) is 4.79 Å². The van der Waals surface area contributed by atoms with Gasteiger partial charge in [0.05, 0.1) is 0 Å². The highest BCUT2D eigenvalue weighted by atomic mass is 28.4. The number of rotatable bonds is 12. The molecule has 1 atom stereocenters. The lowest BCUT2D eigenvalue weighted by Crippen LogP contribution is -2.52. The molecule has 149 valence electrons. The normalized spacial score (nSPS) is 15.3. The Hall–Kier alpha value is -0.176. The first-order valence-corrected chi connectivity index (χ1v) is 13.5. The Morgan fingerprint density at radius 3 is 1.68 bits per heavy atom.